The summed E-state index contributed by atoms with van der Waals surface area (Å²) < 4.78 is 0. The van der Waals surface area contributed by atoms with Crippen molar-refractivity contribution in [3.05, 3.63) is 10.1 Å². The molecule has 2 saturated heterocycles. The number of anilines is 3. The first-order valence-corrected chi connectivity index (χ1v) is 9.17. The third-order valence-corrected chi connectivity index (χ3v) is 5.30. The maximum absolute atomic E-state index is 11.5. The summed E-state index contributed by atoms with van der Waals surface area (Å²) in [6.45, 7) is 9.89. The van der Waals surface area contributed by atoms with Crippen molar-refractivity contribution in [1.29, 1.82) is 0 Å². The van der Waals surface area contributed by atoms with Crippen molar-refractivity contribution in [2.45, 2.75) is 40.0 Å². The molecule has 0 saturated carbocycles. The molecule has 2 fully saturated rings. The Balaban J connectivity index is 1.97. The molecular weight excluding hydrogens is 320 g/mol. The van der Waals surface area contributed by atoms with E-state index in [9.17, 15) is 10.1 Å². The van der Waals surface area contributed by atoms with Gasteiger partial charge in [-0.15, -0.1) is 0 Å². The maximum atomic E-state index is 11.5. The third-order valence-electron chi connectivity index (χ3n) is 5.30. The van der Waals surface area contributed by atoms with Crippen LogP contribution in [-0.4, -0.2) is 41.1 Å². The summed E-state index contributed by atoms with van der Waals surface area (Å²) in [5, 5.41) is 11.5. The maximum Gasteiger partial charge on any atom is 0.353 e. The van der Waals surface area contributed by atoms with Gasteiger partial charge >= 0.3 is 5.69 Å². The van der Waals surface area contributed by atoms with Crippen molar-refractivity contribution in [3.63, 3.8) is 0 Å². The van der Waals surface area contributed by atoms with Crippen molar-refractivity contribution in [1.82, 2.24) is 9.97 Å². The van der Waals surface area contributed by atoms with Crippen LogP contribution >= 0.6 is 0 Å². The molecule has 0 bridgehead atoms. The number of nitrogens with zero attached hydrogens (tertiary/aromatic N) is 5. The molecule has 0 amide bonds. The van der Waals surface area contributed by atoms with Crippen LogP contribution < -0.4 is 15.5 Å². The largest absolute Gasteiger partial charge is 0.378 e. The summed E-state index contributed by atoms with van der Waals surface area (Å²) in [5.74, 6) is 2.60. The van der Waals surface area contributed by atoms with Crippen LogP contribution in [0.3, 0.4) is 0 Å². The Labute approximate surface area is 148 Å². The molecule has 3 rings (SSSR count). The normalized spacial score (nSPS) is 25.2. The molecule has 25 heavy (non-hydrogen) atoms. The van der Waals surface area contributed by atoms with E-state index in [4.69, 9.17) is 5.73 Å². The van der Waals surface area contributed by atoms with Crippen LogP contribution in [0.15, 0.2) is 0 Å². The van der Waals surface area contributed by atoms with E-state index in [-0.39, 0.29) is 11.5 Å². The Morgan fingerprint density at radius 1 is 1.04 bits per heavy atom. The Bertz CT molecular complexity index is 634. The van der Waals surface area contributed by atoms with Gasteiger partial charge < -0.3 is 15.5 Å². The second kappa shape index (κ2) is 7.01. The van der Waals surface area contributed by atoms with E-state index < -0.39 is 4.92 Å². The summed E-state index contributed by atoms with van der Waals surface area (Å²) in [5.41, 5.74) is 5.83. The number of hydrogen-bond acceptors (Lipinski definition) is 7. The second-order valence-corrected chi connectivity index (χ2v) is 7.86. The molecular formula is C17H28N6O2. The van der Waals surface area contributed by atoms with Crippen molar-refractivity contribution in [2.75, 3.05) is 41.7 Å². The van der Waals surface area contributed by atoms with Gasteiger partial charge in [0.2, 0.25) is 17.6 Å². The molecule has 8 heteroatoms. The van der Waals surface area contributed by atoms with E-state index in [2.05, 4.69) is 35.6 Å². The predicted octanol–water partition coefficient (Wildman–Crippen LogP) is 2.69. The smallest absolute Gasteiger partial charge is 0.353 e. The molecule has 3 heterocycles. The minimum Gasteiger partial charge on any atom is -0.378 e. The lowest BCUT2D eigenvalue weighted by Crippen LogP contribution is -2.40. The van der Waals surface area contributed by atoms with E-state index in [0.717, 1.165) is 39.0 Å². The fourth-order valence-electron chi connectivity index (χ4n) is 4.03. The lowest BCUT2D eigenvalue weighted by Gasteiger charge is -2.36. The zero-order valence-corrected chi connectivity index (χ0v) is 15.3. The SMILES string of the molecule is CC1CCN(c2nc(N3C[C@H](C)C[C@@H](C)C3)nc(N)c2[N+](=O)[O-])CC1. The molecule has 1 aromatic rings. The second-order valence-electron chi connectivity index (χ2n) is 7.86. The van der Waals surface area contributed by atoms with E-state index in [1.54, 1.807) is 0 Å². The predicted molar refractivity (Wildman–Crippen MR) is 98.9 cm³/mol. The van der Waals surface area contributed by atoms with Gasteiger partial charge in [-0.05, 0) is 37.0 Å². The number of rotatable bonds is 3. The summed E-state index contributed by atoms with van der Waals surface area (Å²) in [7, 11) is 0. The third kappa shape index (κ3) is 3.77. The number of nitrogen functional groups attached to an aromatic ring is 1. The minimum absolute atomic E-state index is 0.0329. The highest BCUT2D eigenvalue weighted by molar-refractivity contribution is 5.71. The molecule has 0 aromatic carbocycles. The highest BCUT2D eigenvalue weighted by Crippen LogP contribution is 2.36. The highest BCUT2D eigenvalue weighted by atomic mass is 16.6. The van der Waals surface area contributed by atoms with Crippen LogP contribution in [0.5, 0.6) is 0 Å². The Kier molecular flexibility index (Phi) is 4.96. The molecule has 138 valence electrons. The van der Waals surface area contributed by atoms with Crippen molar-refractivity contribution in [3.8, 4) is 0 Å². The van der Waals surface area contributed by atoms with Gasteiger partial charge in [0, 0.05) is 26.2 Å². The van der Waals surface area contributed by atoms with Crippen LogP contribution in [0.4, 0.5) is 23.3 Å². The number of nitro groups is 1. The summed E-state index contributed by atoms with van der Waals surface area (Å²) in [4.78, 5) is 24.1. The molecule has 0 radical (unpaired) electrons. The molecule has 1 aromatic heterocycles. The number of hydrogen-bond donors (Lipinski definition) is 1. The summed E-state index contributed by atoms with van der Waals surface area (Å²) >= 11 is 0. The van der Waals surface area contributed by atoms with Gasteiger partial charge in [-0.3, -0.25) is 10.1 Å². The molecule has 8 nitrogen and oxygen atoms in total. The topological polar surface area (TPSA) is 101 Å². The number of piperidine rings is 2. The molecule has 0 aliphatic carbocycles. The van der Waals surface area contributed by atoms with Crippen molar-refractivity contribution >= 4 is 23.3 Å². The van der Waals surface area contributed by atoms with Crippen LogP contribution in [-0.2, 0) is 0 Å². The van der Waals surface area contributed by atoms with E-state index in [0.29, 0.717) is 29.5 Å². The van der Waals surface area contributed by atoms with Gasteiger partial charge in [0.1, 0.15) is 0 Å². The average molecular weight is 348 g/mol. The first-order chi connectivity index (χ1) is 11.8. The fraction of sp³-hybridized carbons (Fsp3) is 0.765. The molecule has 0 spiro atoms. The average Bonchev–Trinajstić information content (AvgIpc) is 2.53. The lowest BCUT2D eigenvalue weighted by atomic mass is 9.92. The van der Waals surface area contributed by atoms with Gasteiger partial charge in [0.15, 0.2) is 0 Å². The lowest BCUT2D eigenvalue weighted by molar-refractivity contribution is -0.383. The Morgan fingerprint density at radius 2 is 1.64 bits per heavy atom. The molecule has 2 aliphatic rings. The van der Waals surface area contributed by atoms with Crippen LogP contribution in [0, 0.1) is 27.9 Å². The Hall–Kier alpha value is -2.12. The monoisotopic (exact) mass is 348 g/mol. The van der Waals surface area contributed by atoms with E-state index >= 15 is 0 Å². The molecule has 2 aliphatic heterocycles. The fourth-order valence-corrected chi connectivity index (χ4v) is 4.03. The van der Waals surface area contributed by atoms with Gasteiger partial charge in [-0.1, -0.05) is 20.8 Å². The van der Waals surface area contributed by atoms with Gasteiger partial charge in [-0.25, -0.2) is 0 Å². The van der Waals surface area contributed by atoms with Crippen LogP contribution in [0.2, 0.25) is 0 Å². The first-order valence-electron chi connectivity index (χ1n) is 9.17. The zero-order valence-electron chi connectivity index (χ0n) is 15.3. The van der Waals surface area contributed by atoms with Gasteiger partial charge in [0.25, 0.3) is 0 Å². The standard InChI is InChI=1S/C17H28N6O2/c1-11-4-6-21(7-5-11)16-14(23(24)25)15(18)19-17(20-16)22-9-12(2)8-13(3)10-22/h11-13H,4-10H2,1-3H3,(H2,18,19,20)/t12-,13-/m1/s1. The minimum atomic E-state index is -0.450. The van der Waals surface area contributed by atoms with Crippen molar-refractivity contribution in [2.24, 2.45) is 17.8 Å². The molecule has 2 atom stereocenters. The quantitative estimate of drug-likeness (QED) is 0.662. The first kappa shape index (κ1) is 17.7. The highest BCUT2D eigenvalue weighted by Gasteiger charge is 2.32. The van der Waals surface area contributed by atoms with E-state index in [1.807, 2.05) is 4.90 Å². The van der Waals surface area contributed by atoms with Crippen molar-refractivity contribution < 1.29 is 4.92 Å². The summed E-state index contributed by atoms with van der Waals surface area (Å²) in [6, 6.07) is 0. The van der Waals surface area contributed by atoms with Crippen LogP contribution in [0.25, 0.3) is 0 Å². The van der Waals surface area contributed by atoms with Crippen LogP contribution in [0.1, 0.15) is 40.0 Å². The number of aromatic nitrogens is 2. The number of nitrogens with two attached hydrogens (primary N) is 1. The Morgan fingerprint density at radius 3 is 2.20 bits per heavy atom. The van der Waals surface area contributed by atoms with E-state index in [1.165, 1.54) is 6.42 Å². The zero-order chi connectivity index (χ0) is 18.1. The van der Waals surface area contributed by atoms with Gasteiger partial charge in [0.05, 0.1) is 4.92 Å². The molecule has 0 unspecified atom stereocenters. The summed E-state index contributed by atoms with van der Waals surface area (Å²) in [6.07, 6.45) is 3.19. The van der Waals surface area contributed by atoms with Gasteiger partial charge in [-0.2, -0.15) is 9.97 Å². The molecule has 2 N–H and O–H groups in total.